The zero-order valence-electron chi connectivity index (χ0n) is 18.0. The summed E-state index contributed by atoms with van der Waals surface area (Å²) in [5.74, 6) is 1.73. The topological polar surface area (TPSA) is 78.1 Å². The number of aromatic nitrogens is 3. The summed E-state index contributed by atoms with van der Waals surface area (Å²) in [5, 5.41) is 0. The molecule has 0 amide bonds. The molecule has 0 saturated carbocycles. The van der Waals surface area contributed by atoms with Gasteiger partial charge >= 0.3 is 0 Å². The number of nitrogens with zero attached hydrogens (tertiary/aromatic N) is 3. The molecule has 6 nitrogen and oxygen atoms in total. The van der Waals surface area contributed by atoms with Crippen LogP contribution in [-0.4, -0.2) is 15.0 Å². The molecule has 0 aliphatic carbocycles. The average molecular weight is 424 g/mol. The molecular formula is C24H45N3O3. The first-order valence-corrected chi connectivity index (χ1v) is 8.99. The van der Waals surface area contributed by atoms with Crippen LogP contribution in [0.3, 0.4) is 0 Å². The first kappa shape index (κ1) is 32.3. The lowest BCUT2D eigenvalue weighted by Crippen LogP contribution is -2.10. The number of hydrogen-bond donors (Lipinski definition) is 0. The van der Waals surface area contributed by atoms with Crippen LogP contribution in [0.1, 0.15) is 102 Å². The summed E-state index contributed by atoms with van der Waals surface area (Å²) in [6.45, 7) is 18.8. The minimum absolute atomic E-state index is 0. The number of hydrogen-bond acceptors (Lipinski definition) is 6. The van der Waals surface area contributed by atoms with Crippen LogP contribution in [0, 0.1) is 0 Å². The second-order valence-electron chi connectivity index (χ2n) is 9.33. The van der Waals surface area contributed by atoms with Crippen LogP contribution in [-0.2, 0) is 16.2 Å². The lowest BCUT2D eigenvalue weighted by molar-refractivity contribution is 0.392. The normalized spacial score (nSPS) is 10.7. The maximum absolute atomic E-state index is 5.09. The highest BCUT2D eigenvalue weighted by Crippen LogP contribution is 2.21. The Labute approximate surface area is 184 Å². The largest absolute Gasteiger partial charge is 0.451 e. The van der Waals surface area contributed by atoms with Crippen molar-refractivity contribution in [1.29, 1.82) is 0 Å². The first-order chi connectivity index (χ1) is 12.3. The van der Waals surface area contributed by atoms with E-state index in [0.29, 0.717) is 0 Å². The van der Waals surface area contributed by atoms with E-state index in [1.807, 2.05) is 0 Å². The Balaban J connectivity index is -0.000000347. The van der Waals surface area contributed by atoms with Gasteiger partial charge in [-0.25, -0.2) is 15.0 Å². The highest BCUT2D eigenvalue weighted by Gasteiger charge is 2.18. The molecule has 0 aliphatic rings. The number of rotatable bonds is 0. The predicted octanol–water partition coefficient (Wildman–Crippen LogP) is 7.82. The van der Waals surface area contributed by atoms with Gasteiger partial charge in [0.15, 0.2) is 18.7 Å². The van der Waals surface area contributed by atoms with Crippen LogP contribution in [0.15, 0.2) is 51.0 Å². The molecule has 0 N–H and O–H groups in total. The van der Waals surface area contributed by atoms with E-state index in [9.17, 15) is 0 Å². The lowest BCUT2D eigenvalue weighted by Gasteiger charge is -2.12. The molecule has 3 rings (SSSR count). The van der Waals surface area contributed by atoms with Crippen molar-refractivity contribution in [1.82, 2.24) is 15.0 Å². The van der Waals surface area contributed by atoms with Gasteiger partial charge in [0.2, 0.25) is 0 Å². The Morgan fingerprint density at radius 2 is 1.30 bits per heavy atom. The molecule has 0 radical (unpaired) electrons. The van der Waals surface area contributed by atoms with Crippen LogP contribution in [0.5, 0.6) is 0 Å². The van der Waals surface area contributed by atoms with Gasteiger partial charge in [-0.3, -0.25) is 0 Å². The fourth-order valence-corrected chi connectivity index (χ4v) is 1.76. The Morgan fingerprint density at radius 3 is 1.50 bits per heavy atom. The standard InChI is InChI=1S/3C7H11NO.3CH4/c1-7(2,3)6-4-9-5-8-6;1-7(2,3)6-4-8-5-9-6;1-7(2,3)6-8-4-5-9-6;;;/h3*4-5H,1-3H3;3*1H4. The highest BCUT2D eigenvalue weighted by molar-refractivity contribution is 5.05. The molecule has 30 heavy (non-hydrogen) atoms. The van der Waals surface area contributed by atoms with E-state index in [1.54, 1.807) is 24.9 Å². The van der Waals surface area contributed by atoms with E-state index in [0.717, 1.165) is 17.3 Å². The number of oxazole rings is 3. The van der Waals surface area contributed by atoms with E-state index >= 15 is 0 Å². The Bertz CT molecular complexity index is 620. The predicted molar refractivity (Wildman–Crippen MR) is 126 cm³/mol. The van der Waals surface area contributed by atoms with Crippen molar-refractivity contribution in [2.45, 2.75) is 101 Å². The molecule has 0 atom stereocenters. The smallest absolute Gasteiger partial charge is 0.199 e. The molecule has 0 spiro atoms. The van der Waals surface area contributed by atoms with Crippen molar-refractivity contribution in [3.05, 3.63) is 55.1 Å². The van der Waals surface area contributed by atoms with Gasteiger partial charge in [-0.2, -0.15) is 0 Å². The molecular weight excluding hydrogens is 378 g/mol. The monoisotopic (exact) mass is 423 g/mol. The summed E-state index contributed by atoms with van der Waals surface area (Å²) >= 11 is 0. The minimum atomic E-state index is 0. The fourth-order valence-electron chi connectivity index (χ4n) is 1.76. The maximum atomic E-state index is 5.09. The molecule has 6 heteroatoms. The van der Waals surface area contributed by atoms with Crippen molar-refractivity contribution >= 4 is 0 Å². The van der Waals surface area contributed by atoms with Gasteiger partial charge in [0.1, 0.15) is 18.3 Å². The van der Waals surface area contributed by atoms with Crippen LogP contribution in [0.25, 0.3) is 0 Å². The fraction of sp³-hybridized carbons (Fsp3) is 0.625. The van der Waals surface area contributed by atoms with Gasteiger partial charge in [-0.15, -0.1) is 0 Å². The lowest BCUT2D eigenvalue weighted by atomic mass is 9.93. The highest BCUT2D eigenvalue weighted by atomic mass is 16.3. The van der Waals surface area contributed by atoms with Gasteiger partial charge < -0.3 is 13.3 Å². The van der Waals surface area contributed by atoms with E-state index < -0.39 is 0 Å². The van der Waals surface area contributed by atoms with Crippen molar-refractivity contribution in [2.75, 3.05) is 0 Å². The Kier molecular flexibility index (Phi) is 14.0. The van der Waals surface area contributed by atoms with Crippen molar-refractivity contribution < 1.29 is 13.3 Å². The van der Waals surface area contributed by atoms with E-state index in [4.69, 9.17) is 13.3 Å². The SMILES string of the molecule is C.C.C.CC(C)(C)c1cnco1.CC(C)(C)c1cocn1.CC(C)(C)c1ncco1. The third-order valence-corrected chi connectivity index (χ3v) is 3.45. The van der Waals surface area contributed by atoms with Crippen LogP contribution < -0.4 is 0 Å². The summed E-state index contributed by atoms with van der Waals surface area (Å²) in [6.07, 6.45) is 9.61. The third-order valence-electron chi connectivity index (χ3n) is 3.45. The molecule has 0 bridgehead atoms. The van der Waals surface area contributed by atoms with Crippen molar-refractivity contribution in [2.24, 2.45) is 0 Å². The van der Waals surface area contributed by atoms with Crippen LogP contribution in [0.2, 0.25) is 0 Å². The summed E-state index contributed by atoms with van der Waals surface area (Å²) in [7, 11) is 0. The average Bonchev–Trinajstić information content (AvgIpc) is 3.28. The molecule has 3 aromatic rings. The van der Waals surface area contributed by atoms with Crippen LogP contribution >= 0.6 is 0 Å². The van der Waals surface area contributed by atoms with Gasteiger partial charge in [0, 0.05) is 16.2 Å². The second kappa shape index (κ2) is 13.0. The maximum Gasteiger partial charge on any atom is 0.199 e. The zero-order valence-corrected chi connectivity index (χ0v) is 18.0. The minimum Gasteiger partial charge on any atom is -0.451 e. The first-order valence-electron chi connectivity index (χ1n) is 8.99. The second-order valence-corrected chi connectivity index (χ2v) is 9.33. The molecule has 0 saturated heterocycles. The van der Waals surface area contributed by atoms with Crippen LogP contribution in [0.4, 0.5) is 0 Å². The van der Waals surface area contributed by atoms with Gasteiger partial charge in [-0.05, 0) is 0 Å². The van der Waals surface area contributed by atoms with E-state index in [-0.39, 0.29) is 38.5 Å². The zero-order chi connectivity index (χ0) is 20.7. The van der Waals surface area contributed by atoms with E-state index in [2.05, 4.69) is 77.3 Å². The summed E-state index contributed by atoms with van der Waals surface area (Å²) in [5.41, 5.74) is 1.26. The molecule has 0 fully saturated rings. The summed E-state index contributed by atoms with van der Waals surface area (Å²) < 4.78 is 15.0. The Morgan fingerprint density at radius 1 is 0.700 bits per heavy atom. The molecule has 0 unspecified atom stereocenters. The van der Waals surface area contributed by atoms with Gasteiger partial charge in [0.25, 0.3) is 0 Å². The molecule has 174 valence electrons. The third kappa shape index (κ3) is 11.6. The molecule has 0 aromatic carbocycles. The van der Waals surface area contributed by atoms with Gasteiger partial charge in [0.05, 0.1) is 18.1 Å². The Hall–Kier alpha value is -2.37. The summed E-state index contributed by atoms with van der Waals surface area (Å²) in [6, 6.07) is 0. The summed E-state index contributed by atoms with van der Waals surface area (Å²) in [4.78, 5) is 11.9. The van der Waals surface area contributed by atoms with E-state index in [1.165, 1.54) is 12.8 Å². The van der Waals surface area contributed by atoms with Gasteiger partial charge in [-0.1, -0.05) is 84.6 Å². The van der Waals surface area contributed by atoms with Crippen molar-refractivity contribution in [3.63, 3.8) is 0 Å². The quantitative estimate of drug-likeness (QED) is 0.366. The molecule has 3 aromatic heterocycles. The molecule has 0 aliphatic heterocycles. The molecule has 3 heterocycles. The van der Waals surface area contributed by atoms with Crippen molar-refractivity contribution in [3.8, 4) is 0 Å².